The molecule has 0 aliphatic carbocycles. The second kappa shape index (κ2) is 6.07. The second-order valence-corrected chi connectivity index (χ2v) is 6.37. The fourth-order valence-electron chi connectivity index (χ4n) is 2.61. The summed E-state index contributed by atoms with van der Waals surface area (Å²) in [5.74, 6) is -0.855. The summed E-state index contributed by atoms with van der Waals surface area (Å²) in [5, 5.41) is 3.50. The lowest BCUT2D eigenvalue weighted by atomic mass is 9.86. The van der Waals surface area contributed by atoms with E-state index >= 15 is 0 Å². The first-order valence-electron chi connectivity index (χ1n) is 6.97. The van der Waals surface area contributed by atoms with Crippen molar-refractivity contribution in [3.63, 3.8) is 0 Å². The highest BCUT2D eigenvalue weighted by Gasteiger charge is 2.62. The van der Waals surface area contributed by atoms with Gasteiger partial charge in [0.1, 0.15) is 0 Å². The van der Waals surface area contributed by atoms with Crippen molar-refractivity contribution >= 4 is 34.6 Å². The van der Waals surface area contributed by atoms with Gasteiger partial charge in [0.15, 0.2) is 5.82 Å². The molecule has 0 saturated carbocycles. The fraction of sp³-hybridized carbons (Fsp3) is 0.188. The number of anilines is 1. The normalized spacial score (nSPS) is 20.3. The summed E-state index contributed by atoms with van der Waals surface area (Å²) < 4.78 is 55.6. The molecule has 1 aliphatic heterocycles. The van der Waals surface area contributed by atoms with Crippen molar-refractivity contribution in [3.05, 3.63) is 63.4 Å². The molecule has 1 aliphatic rings. The van der Waals surface area contributed by atoms with Crippen LogP contribution in [0.15, 0.2) is 41.6 Å². The van der Waals surface area contributed by atoms with Gasteiger partial charge in [-0.2, -0.15) is 13.2 Å². The zero-order chi connectivity index (χ0) is 18.4. The predicted octanol–water partition coefficient (Wildman–Crippen LogP) is 5.30. The van der Waals surface area contributed by atoms with Crippen LogP contribution >= 0.6 is 23.2 Å². The minimum Gasteiger partial charge on any atom is -0.396 e. The lowest BCUT2D eigenvalue weighted by molar-refractivity contribution is -0.275. The molecule has 0 amide bonds. The molecule has 1 unspecified atom stereocenters. The van der Waals surface area contributed by atoms with Gasteiger partial charge in [0.05, 0.1) is 17.8 Å². The Morgan fingerprint density at radius 3 is 2.36 bits per heavy atom. The Bertz CT molecular complexity index is 849. The summed E-state index contributed by atoms with van der Waals surface area (Å²) in [4.78, 5) is 4.80. The van der Waals surface area contributed by atoms with Gasteiger partial charge in [0.25, 0.3) is 5.60 Å². The van der Waals surface area contributed by atoms with E-state index in [9.17, 15) is 17.6 Å². The average Bonchev–Trinajstić information content (AvgIpc) is 2.95. The third kappa shape index (κ3) is 3.02. The SMILES string of the molecule is Nc1cccc(C2=NOC(c3cc(Cl)cc(Cl)c3)(C(F)(F)F)C2)c1F. The van der Waals surface area contributed by atoms with E-state index in [2.05, 4.69) is 5.16 Å². The zero-order valence-corrected chi connectivity index (χ0v) is 13.9. The van der Waals surface area contributed by atoms with Crippen LogP contribution in [0.4, 0.5) is 23.2 Å². The van der Waals surface area contributed by atoms with E-state index in [0.717, 1.165) is 12.1 Å². The number of nitrogens with two attached hydrogens (primary N) is 1. The number of oxime groups is 1. The summed E-state index contributed by atoms with van der Waals surface area (Å²) in [6, 6.07) is 7.48. The molecule has 0 aromatic heterocycles. The van der Waals surface area contributed by atoms with Gasteiger partial charge in [0, 0.05) is 21.2 Å². The van der Waals surface area contributed by atoms with Crippen molar-refractivity contribution < 1.29 is 22.4 Å². The minimum absolute atomic E-state index is 0.0123. The molecule has 3 nitrogen and oxygen atoms in total. The van der Waals surface area contributed by atoms with Gasteiger partial charge in [-0.15, -0.1) is 0 Å². The highest BCUT2D eigenvalue weighted by Crippen LogP contribution is 2.49. The maximum atomic E-state index is 14.1. The van der Waals surface area contributed by atoms with E-state index in [1.54, 1.807) is 0 Å². The Labute approximate surface area is 150 Å². The van der Waals surface area contributed by atoms with Crippen molar-refractivity contribution in [2.45, 2.75) is 18.2 Å². The molecule has 0 spiro atoms. The molecule has 25 heavy (non-hydrogen) atoms. The number of hydrogen-bond donors (Lipinski definition) is 1. The van der Waals surface area contributed by atoms with Gasteiger partial charge in [0.2, 0.25) is 0 Å². The molecule has 2 aromatic rings. The number of nitrogen functional groups attached to an aromatic ring is 1. The van der Waals surface area contributed by atoms with Crippen LogP contribution in [0.1, 0.15) is 17.5 Å². The van der Waals surface area contributed by atoms with Gasteiger partial charge < -0.3 is 10.6 Å². The minimum atomic E-state index is -4.84. The van der Waals surface area contributed by atoms with Crippen molar-refractivity contribution in [1.29, 1.82) is 0 Å². The number of alkyl halides is 3. The third-order valence-electron chi connectivity index (χ3n) is 3.85. The van der Waals surface area contributed by atoms with E-state index in [1.807, 2.05) is 0 Å². The number of halogens is 6. The Hall–Kier alpha value is -1.99. The molecule has 2 N–H and O–H groups in total. The summed E-state index contributed by atoms with van der Waals surface area (Å²) in [5.41, 5.74) is 1.77. The molecule has 2 aromatic carbocycles. The lowest BCUT2D eigenvalue weighted by Crippen LogP contribution is -2.42. The van der Waals surface area contributed by atoms with Crippen LogP contribution in [0, 0.1) is 5.82 Å². The first-order chi connectivity index (χ1) is 11.6. The Kier molecular flexibility index (Phi) is 4.33. The molecule has 132 valence electrons. The van der Waals surface area contributed by atoms with Crippen LogP contribution in [0.25, 0.3) is 0 Å². The summed E-state index contributed by atoms with van der Waals surface area (Å²) in [7, 11) is 0. The van der Waals surface area contributed by atoms with Crippen LogP contribution < -0.4 is 5.73 Å². The van der Waals surface area contributed by atoms with E-state index in [0.29, 0.717) is 0 Å². The standard InChI is InChI=1S/C16H10Cl2F4N2O/c17-9-4-8(5-10(18)6-9)15(16(20,21)22)7-13(24-25-15)11-2-1-3-12(23)14(11)19/h1-6H,7,23H2. The summed E-state index contributed by atoms with van der Waals surface area (Å²) >= 11 is 11.6. The van der Waals surface area contributed by atoms with Crippen molar-refractivity contribution in [2.75, 3.05) is 5.73 Å². The van der Waals surface area contributed by atoms with Gasteiger partial charge in [-0.25, -0.2) is 4.39 Å². The molecule has 0 bridgehead atoms. The third-order valence-corrected chi connectivity index (χ3v) is 4.29. The van der Waals surface area contributed by atoms with E-state index < -0.39 is 24.0 Å². The van der Waals surface area contributed by atoms with Gasteiger partial charge >= 0.3 is 6.18 Å². The van der Waals surface area contributed by atoms with Crippen LogP contribution in [0.2, 0.25) is 10.0 Å². The van der Waals surface area contributed by atoms with Gasteiger partial charge in [-0.05, 0) is 30.3 Å². The number of rotatable bonds is 2. The second-order valence-electron chi connectivity index (χ2n) is 5.50. The van der Waals surface area contributed by atoms with Crippen molar-refractivity contribution in [1.82, 2.24) is 0 Å². The van der Waals surface area contributed by atoms with E-state index in [-0.39, 0.29) is 32.6 Å². The fourth-order valence-corrected chi connectivity index (χ4v) is 3.13. The van der Waals surface area contributed by atoms with Crippen LogP contribution in [0.3, 0.4) is 0 Å². The van der Waals surface area contributed by atoms with Crippen LogP contribution in [0.5, 0.6) is 0 Å². The van der Waals surface area contributed by atoms with Gasteiger partial charge in [-0.1, -0.05) is 34.4 Å². The molecular weight excluding hydrogens is 383 g/mol. The smallest absolute Gasteiger partial charge is 0.396 e. The topological polar surface area (TPSA) is 47.6 Å². The Morgan fingerprint density at radius 2 is 1.76 bits per heavy atom. The quantitative estimate of drug-likeness (QED) is 0.556. The lowest BCUT2D eigenvalue weighted by Gasteiger charge is -2.29. The Morgan fingerprint density at radius 1 is 1.12 bits per heavy atom. The Balaban J connectivity index is 2.08. The first kappa shape index (κ1) is 17.8. The van der Waals surface area contributed by atoms with E-state index in [1.165, 1.54) is 24.3 Å². The number of hydrogen-bond acceptors (Lipinski definition) is 3. The molecule has 0 fully saturated rings. The van der Waals surface area contributed by atoms with Crippen LogP contribution in [-0.2, 0) is 10.4 Å². The highest BCUT2D eigenvalue weighted by molar-refractivity contribution is 6.34. The maximum absolute atomic E-state index is 14.1. The first-order valence-corrected chi connectivity index (χ1v) is 7.72. The number of benzene rings is 2. The monoisotopic (exact) mass is 392 g/mol. The van der Waals surface area contributed by atoms with Crippen molar-refractivity contribution in [2.24, 2.45) is 5.16 Å². The molecule has 0 radical (unpaired) electrons. The highest BCUT2D eigenvalue weighted by atomic mass is 35.5. The molecule has 1 atom stereocenters. The molecule has 3 rings (SSSR count). The number of nitrogens with zero attached hydrogens (tertiary/aromatic N) is 1. The summed E-state index contributed by atoms with van der Waals surface area (Å²) in [6.45, 7) is 0. The van der Waals surface area contributed by atoms with E-state index in [4.69, 9.17) is 33.8 Å². The molecular formula is C16H10Cl2F4N2O. The molecule has 0 saturated heterocycles. The largest absolute Gasteiger partial charge is 0.435 e. The van der Waals surface area contributed by atoms with Gasteiger partial charge in [-0.3, -0.25) is 0 Å². The van der Waals surface area contributed by atoms with Crippen LogP contribution in [-0.4, -0.2) is 11.9 Å². The molecule has 9 heteroatoms. The van der Waals surface area contributed by atoms with Crippen molar-refractivity contribution in [3.8, 4) is 0 Å². The zero-order valence-electron chi connectivity index (χ0n) is 12.4. The predicted molar refractivity (Wildman–Crippen MR) is 87.2 cm³/mol. The average molecular weight is 393 g/mol. The molecule has 1 heterocycles. The maximum Gasteiger partial charge on any atom is 0.435 e. The summed E-state index contributed by atoms with van der Waals surface area (Å²) in [6.07, 6.45) is -5.59.